The summed E-state index contributed by atoms with van der Waals surface area (Å²) in [4.78, 5) is 24.4. The van der Waals surface area contributed by atoms with Crippen molar-refractivity contribution in [1.29, 1.82) is 5.26 Å². The number of sulfonamides is 1. The molecule has 0 fully saturated rings. The fourth-order valence-electron chi connectivity index (χ4n) is 3.11. The van der Waals surface area contributed by atoms with Gasteiger partial charge in [-0.15, -0.1) is 5.11 Å². The lowest BCUT2D eigenvalue weighted by molar-refractivity contribution is -0.140. The number of pyridine rings is 1. The van der Waals surface area contributed by atoms with Gasteiger partial charge in [0.25, 0.3) is 5.56 Å². The summed E-state index contributed by atoms with van der Waals surface area (Å²) in [6.07, 6.45) is 1.57. The molecule has 0 saturated carbocycles. The highest BCUT2D eigenvalue weighted by Crippen LogP contribution is 2.27. The predicted molar refractivity (Wildman–Crippen MR) is 139 cm³/mol. The fourth-order valence-corrected chi connectivity index (χ4v) is 4.18. The SMILES string of the molecule is C=C(C)C(=O)OCCOCCn1c(O)c(C#N)c(C)c(N=Nc2ccc(S(=O)(=O)NCCCC)cc2)c1=O. The number of benzene rings is 1. The number of hydrogen-bond donors (Lipinski definition) is 2. The van der Waals surface area contributed by atoms with Crippen LogP contribution in [0, 0.1) is 18.3 Å². The van der Waals surface area contributed by atoms with Crippen molar-refractivity contribution in [3.63, 3.8) is 0 Å². The number of nitriles is 1. The largest absolute Gasteiger partial charge is 0.493 e. The van der Waals surface area contributed by atoms with Crippen molar-refractivity contribution < 1.29 is 27.8 Å². The van der Waals surface area contributed by atoms with Crippen molar-refractivity contribution in [3.8, 4) is 11.9 Å². The molecule has 1 aromatic heterocycles. The molecule has 2 rings (SSSR count). The van der Waals surface area contributed by atoms with Gasteiger partial charge in [-0.2, -0.15) is 10.4 Å². The quantitative estimate of drug-likeness (QED) is 0.157. The first-order valence-electron chi connectivity index (χ1n) is 11.8. The molecule has 13 heteroatoms. The van der Waals surface area contributed by atoms with Crippen molar-refractivity contribution in [2.75, 3.05) is 26.4 Å². The zero-order valence-corrected chi connectivity index (χ0v) is 22.4. The zero-order valence-electron chi connectivity index (χ0n) is 21.6. The van der Waals surface area contributed by atoms with Crippen LogP contribution in [0.4, 0.5) is 11.4 Å². The van der Waals surface area contributed by atoms with E-state index in [0.717, 1.165) is 17.4 Å². The summed E-state index contributed by atoms with van der Waals surface area (Å²) >= 11 is 0. The molecule has 0 bridgehead atoms. The molecule has 0 unspecified atom stereocenters. The van der Waals surface area contributed by atoms with Gasteiger partial charge in [-0.05, 0) is 44.5 Å². The monoisotopic (exact) mass is 545 g/mol. The number of aromatic nitrogens is 1. The van der Waals surface area contributed by atoms with E-state index in [1.807, 2.05) is 13.0 Å². The fraction of sp³-hybridized carbons (Fsp3) is 0.400. The lowest BCUT2D eigenvalue weighted by Gasteiger charge is -2.13. The molecule has 2 N–H and O–H groups in total. The molecule has 38 heavy (non-hydrogen) atoms. The number of rotatable bonds is 14. The molecular formula is C25H31N5O7S. The minimum Gasteiger partial charge on any atom is -0.493 e. The van der Waals surface area contributed by atoms with Crippen LogP contribution in [0.25, 0.3) is 0 Å². The standard InChI is InChI=1S/C25H31N5O7S/c1-5-6-11-27-38(34,35)20-9-7-19(8-10-20)28-29-22-18(4)21(16-26)23(31)30(24(22)32)12-13-36-14-15-37-25(33)17(2)3/h7-10,27,31H,2,5-6,11-15H2,1,3-4H3. The number of hydrogen-bond acceptors (Lipinski definition) is 10. The van der Waals surface area contributed by atoms with Gasteiger partial charge in [0.1, 0.15) is 18.2 Å². The molecule has 0 spiro atoms. The highest BCUT2D eigenvalue weighted by Gasteiger charge is 2.19. The van der Waals surface area contributed by atoms with E-state index in [1.165, 1.54) is 38.1 Å². The number of carbonyl (C=O) groups excluding carboxylic acids is 1. The Labute approximate surface area is 221 Å². The van der Waals surface area contributed by atoms with Crippen LogP contribution < -0.4 is 10.3 Å². The number of nitrogens with one attached hydrogen (secondary N) is 1. The van der Waals surface area contributed by atoms with Crippen molar-refractivity contribution in [2.45, 2.75) is 45.1 Å². The molecule has 1 aromatic carbocycles. The lowest BCUT2D eigenvalue weighted by Crippen LogP contribution is -2.24. The second-order valence-corrected chi connectivity index (χ2v) is 9.98. The molecule has 204 valence electrons. The van der Waals surface area contributed by atoms with E-state index in [1.54, 1.807) is 0 Å². The molecule has 1 heterocycles. The number of carbonyl (C=O) groups is 1. The van der Waals surface area contributed by atoms with Crippen molar-refractivity contribution >= 4 is 27.4 Å². The van der Waals surface area contributed by atoms with E-state index < -0.39 is 27.4 Å². The molecular weight excluding hydrogens is 514 g/mol. The molecule has 0 aliphatic heterocycles. The van der Waals surface area contributed by atoms with E-state index in [4.69, 9.17) is 9.47 Å². The maximum atomic E-state index is 13.0. The molecule has 0 amide bonds. The summed E-state index contributed by atoms with van der Waals surface area (Å²) in [6, 6.07) is 7.47. The van der Waals surface area contributed by atoms with Crippen molar-refractivity contribution in [2.24, 2.45) is 10.2 Å². The summed E-state index contributed by atoms with van der Waals surface area (Å²) < 4.78 is 38.4. The van der Waals surface area contributed by atoms with Crippen LogP contribution in [-0.2, 0) is 30.8 Å². The van der Waals surface area contributed by atoms with Gasteiger partial charge in [0.05, 0.1) is 30.3 Å². The van der Waals surface area contributed by atoms with Gasteiger partial charge in [0.15, 0.2) is 5.69 Å². The number of azo groups is 1. The third-order valence-electron chi connectivity index (χ3n) is 5.27. The Morgan fingerprint density at radius 2 is 1.89 bits per heavy atom. The average Bonchev–Trinajstić information content (AvgIpc) is 2.88. The smallest absolute Gasteiger partial charge is 0.333 e. The van der Waals surface area contributed by atoms with Gasteiger partial charge >= 0.3 is 5.97 Å². The van der Waals surface area contributed by atoms with Crippen LogP contribution in [0.1, 0.15) is 37.8 Å². The van der Waals surface area contributed by atoms with Gasteiger partial charge < -0.3 is 14.6 Å². The van der Waals surface area contributed by atoms with Crippen LogP contribution >= 0.6 is 0 Å². The van der Waals surface area contributed by atoms with E-state index in [0.29, 0.717) is 6.54 Å². The molecule has 0 atom stereocenters. The Balaban J connectivity index is 2.18. The van der Waals surface area contributed by atoms with Crippen LogP contribution in [0.2, 0.25) is 0 Å². The average molecular weight is 546 g/mol. The third kappa shape index (κ3) is 8.07. The van der Waals surface area contributed by atoms with Gasteiger partial charge in [-0.3, -0.25) is 9.36 Å². The number of aromatic hydroxyl groups is 1. The molecule has 0 aliphatic rings. The Morgan fingerprint density at radius 1 is 1.21 bits per heavy atom. The Hall–Kier alpha value is -3.86. The van der Waals surface area contributed by atoms with Gasteiger partial charge in [0.2, 0.25) is 15.9 Å². The topological polar surface area (TPSA) is 172 Å². The zero-order chi connectivity index (χ0) is 28.3. The third-order valence-corrected chi connectivity index (χ3v) is 6.75. The number of ether oxygens (including phenoxy) is 2. The first-order valence-corrected chi connectivity index (χ1v) is 13.3. The number of esters is 1. The lowest BCUT2D eigenvalue weighted by atomic mass is 10.1. The maximum Gasteiger partial charge on any atom is 0.333 e. The van der Waals surface area contributed by atoms with Gasteiger partial charge in [-0.25, -0.2) is 17.9 Å². The normalized spacial score (nSPS) is 11.4. The van der Waals surface area contributed by atoms with Gasteiger partial charge in [-0.1, -0.05) is 19.9 Å². The summed E-state index contributed by atoms with van der Waals surface area (Å²) in [6.45, 7) is 8.65. The summed E-state index contributed by atoms with van der Waals surface area (Å²) in [5, 5.41) is 28.0. The maximum absolute atomic E-state index is 13.0. The summed E-state index contributed by atoms with van der Waals surface area (Å²) in [5.74, 6) is -1.08. The van der Waals surface area contributed by atoms with Crippen LogP contribution in [0.3, 0.4) is 0 Å². The van der Waals surface area contributed by atoms with Crippen LogP contribution in [-0.4, -0.2) is 50.4 Å². The first-order chi connectivity index (χ1) is 18.0. The molecule has 12 nitrogen and oxygen atoms in total. The Kier molecular flexibility index (Phi) is 11.3. The van der Waals surface area contributed by atoms with Crippen molar-refractivity contribution in [1.82, 2.24) is 9.29 Å². The molecule has 0 aliphatic carbocycles. The highest BCUT2D eigenvalue weighted by atomic mass is 32.2. The molecule has 2 aromatic rings. The summed E-state index contributed by atoms with van der Waals surface area (Å²) in [7, 11) is -3.65. The minimum atomic E-state index is -3.65. The highest BCUT2D eigenvalue weighted by molar-refractivity contribution is 7.89. The Morgan fingerprint density at radius 3 is 2.50 bits per heavy atom. The van der Waals surface area contributed by atoms with E-state index in [2.05, 4.69) is 21.5 Å². The van der Waals surface area contributed by atoms with E-state index in [9.17, 15) is 28.4 Å². The van der Waals surface area contributed by atoms with E-state index in [-0.39, 0.29) is 59.3 Å². The predicted octanol–water partition coefficient (Wildman–Crippen LogP) is 3.36. The van der Waals surface area contributed by atoms with Crippen molar-refractivity contribution in [3.05, 3.63) is 57.9 Å². The Bertz CT molecular complexity index is 1390. The molecule has 0 saturated heterocycles. The van der Waals surface area contributed by atoms with Gasteiger partial charge in [0, 0.05) is 17.7 Å². The first kappa shape index (κ1) is 30.4. The number of unbranched alkanes of at least 4 members (excludes halogenated alkanes) is 1. The second-order valence-electron chi connectivity index (χ2n) is 8.21. The summed E-state index contributed by atoms with van der Waals surface area (Å²) in [5.41, 5.74) is -0.322. The number of nitrogens with zero attached hydrogens (tertiary/aromatic N) is 4. The minimum absolute atomic E-state index is 0.0156. The second kappa shape index (κ2) is 14.2. The molecule has 0 radical (unpaired) electrons. The van der Waals surface area contributed by atoms with Crippen LogP contribution in [0.15, 0.2) is 56.3 Å². The van der Waals surface area contributed by atoms with Crippen LogP contribution in [0.5, 0.6) is 5.88 Å². The van der Waals surface area contributed by atoms with E-state index >= 15 is 0 Å².